The molecule has 2 amide bonds. The number of hydrogen-bond acceptors (Lipinski definition) is 5. The maximum Gasteiger partial charge on any atom is 0.253 e. The number of amidine groups is 1. The fourth-order valence-corrected chi connectivity index (χ4v) is 5.25. The van der Waals surface area contributed by atoms with Crippen LogP contribution in [-0.2, 0) is 4.79 Å². The van der Waals surface area contributed by atoms with Crippen molar-refractivity contribution in [3.8, 4) is 11.1 Å². The standard InChI is InChI=1S/C33H45N5O2/c1-5-7-18-37(17-6-2)33(40)29-22-28-15-14-27(23-30(28)35-31(24-29)34-16-21-36(3)4)25-10-12-26(13-11-25)32(39)38-19-8-9-20-38/h10-15,22-23H,5-9,16-21,24H2,1-4H3,(H,34,35). The van der Waals surface area contributed by atoms with E-state index in [9.17, 15) is 9.59 Å². The molecule has 4 rings (SSSR count). The summed E-state index contributed by atoms with van der Waals surface area (Å²) in [5, 5.41) is 3.49. The third kappa shape index (κ3) is 7.60. The summed E-state index contributed by atoms with van der Waals surface area (Å²) in [6.45, 7) is 9.15. The molecule has 0 radical (unpaired) electrons. The van der Waals surface area contributed by atoms with Crippen molar-refractivity contribution >= 4 is 29.4 Å². The minimum atomic E-state index is 0.104. The van der Waals surface area contributed by atoms with Crippen LogP contribution in [0.5, 0.6) is 0 Å². The Kier molecular flexibility index (Phi) is 10.5. The number of carbonyl (C=O) groups is 2. The number of nitrogens with zero attached hydrogens (tertiary/aromatic N) is 4. The van der Waals surface area contributed by atoms with E-state index in [2.05, 4.69) is 42.3 Å². The molecular formula is C33H45N5O2. The van der Waals surface area contributed by atoms with Gasteiger partial charge in [-0.3, -0.25) is 9.59 Å². The number of aliphatic imine (C=N–C) groups is 1. The molecule has 214 valence electrons. The molecule has 0 aliphatic carbocycles. The van der Waals surface area contributed by atoms with Gasteiger partial charge in [0.2, 0.25) is 5.91 Å². The summed E-state index contributed by atoms with van der Waals surface area (Å²) in [5.74, 6) is 1.03. The van der Waals surface area contributed by atoms with E-state index in [0.717, 1.165) is 111 Å². The minimum absolute atomic E-state index is 0.104. The Bertz CT molecular complexity index is 1230. The van der Waals surface area contributed by atoms with Gasteiger partial charge in [-0.15, -0.1) is 0 Å². The van der Waals surface area contributed by atoms with Gasteiger partial charge in [-0.1, -0.05) is 44.5 Å². The molecule has 1 saturated heterocycles. The lowest BCUT2D eigenvalue weighted by molar-refractivity contribution is -0.127. The van der Waals surface area contributed by atoms with Crippen molar-refractivity contribution in [3.63, 3.8) is 0 Å². The molecule has 2 aliphatic rings. The number of benzene rings is 2. The van der Waals surface area contributed by atoms with Gasteiger partial charge in [0.05, 0.1) is 5.69 Å². The van der Waals surface area contributed by atoms with Gasteiger partial charge in [-0.25, -0.2) is 4.99 Å². The summed E-state index contributed by atoms with van der Waals surface area (Å²) in [4.78, 5) is 37.6. The van der Waals surface area contributed by atoms with Gasteiger partial charge in [0.25, 0.3) is 5.91 Å². The number of carbonyl (C=O) groups excluding carboxylic acids is 2. The van der Waals surface area contributed by atoms with E-state index in [1.807, 2.05) is 54.2 Å². The van der Waals surface area contributed by atoms with Crippen LogP contribution in [0.3, 0.4) is 0 Å². The Balaban J connectivity index is 1.62. The molecule has 2 heterocycles. The maximum absolute atomic E-state index is 13.7. The van der Waals surface area contributed by atoms with Crippen LogP contribution in [0.4, 0.5) is 5.69 Å². The van der Waals surface area contributed by atoms with Crippen molar-refractivity contribution < 1.29 is 9.59 Å². The van der Waals surface area contributed by atoms with E-state index in [1.165, 1.54) is 0 Å². The zero-order valence-corrected chi connectivity index (χ0v) is 24.7. The Morgan fingerprint density at radius 3 is 2.33 bits per heavy atom. The van der Waals surface area contributed by atoms with Crippen molar-refractivity contribution in [2.24, 2.45) is 4.99 Å². The lowest BCUT2D eigenvalue weighted by atomic mass is 9.99. The van der Waals surface area contributed by atoms with E-state index in [4.69, 9.17) is 4.99 Å². The van der Waals surface area contributed by atoms with Gasteiger partial charge in [-0.05, 0) is 75.2 Å². The molecule has 0 atom stereocenters. The first-order chi connectivity index (χ1) is 19.4. The first-order valence-electron chi connectivity index (χ1n) is 14.9. The predicted molar refractivity (Wildman–Crippen MR) is 165 cm³/mol. The zero-order valence-electron chi connectivity index (χ0n) is 24.7. The summed E-state index contributed by atoms with van der Waals surface area (Å²) in [5.41, 5.74) is 5.38. The van der Waals surface area contributed by atoms with Crippen LogP contribution in [0.15, 0.2) is 53.0 Å². The van der Waals surface area contributed by atoms with Crippen LogP contribution in [-0.4, -0.2) is 85.7 Å². The topological polar surface area (TPSA) is 68.2 Å². The van der Waals surface area contributed by atoms with Crippen molar-refractivity contribution in [2.45, 2.75) is 52.4 Å². The zero-order chi connectivity index (χ0) is 28.5. The lowest BCUT2D eigenvalue weighted by Gasteiger charge is -2.23. The third-order valence-corrected chi connectivity index (χ3v) is 7.56. The van der Waals surface area contributed by atoms with Crippen LogP contribution < -0.4 is 5.32 Å². The van der Waals surface area contributed by atoms with E-state index in [1.54, 1.807) is 0 Å². The van der Waals surface area contributed by atoms with Gasteiger partial charge in [0.1, 0.15) is 5.84 Å². The molecule has 0 bridgehead atoms. The number of likely N-dealkylation sites (tertiary alicyclic amines) is 1. The molecule has 2 aromatic rings. The Labute approximate surface area is 239 Å². The Morgan fingerprint density at radius 2 is 1.65 bits per heavy atom. The van der Waals surface area contributed by atoms with E-state index in [-0.39, 0.29) is 11.8 Å². The molecule has 0 unspecified atom stereocenters. The monoisotopic (exact) mass is 543 g/mol. The fourth-order valence-electron chi connectivity index (χ4n) is 5.25. The first kappa shape index (κ1) is 29.5. The smallest absolute Gasteiger partial charge is 0.253 e. The second-order valence-corrected chi connectivity index (χ2v) is 11.1. The first-order valence-corrected chi connectivity index (χ1v) is 14.9. The van der Waals surface area contributed by atoms with Gasteiger partial charge >= 0.3 is 0 Å². The van der Waals surface area contributed by atoms with Crippen LogP contribution in [0.25, 0.3) is 17.2 Å². The molecule has 1 N–H and O–H groups in total. The average molecular weight is 544 g/mol. The third-order valence-electron chi connectivity index (χ3n) is 7.56. The van der Waals surface area contributed by atoms with Gasteiger partial charge in [0, 0.05) is 62.4 Å². The maximum atomic E-state index is 13.7. The largest absolute Gasteiger partial charge is 0.372 e. The van der Waals surface area contributed by atoms with Crippen LogP contribution in [0.2, 0.25) is 0 Å². The van der Waals surface area contributed by atoms with Crippen molar-refractivity contribution in [3.05, 3.63) is 59.2 Å². The summed E-state index contributed by atoms with van der Waals surface area (Å²) in [6.07, 6.45) is 7.68. The summed E-state index contributed by atoms with van der Waals surface area (Å²) in [7, 11) is 4.10. The second kappa shape index (κ2) is 14.3. The van der Waals surface area contributed by atoms with Gasteiger partial charge in [0.15, 0.2) is 0 Å². The van der Waals surface area contributed by atoms with Crippen molar-refractivity contribution in [1.29, 1.82) is 0 Å². The van der Waals surface area contributed by atoms with Crippen LogP contribution >= 0.6 is 0 Å². The number of fused-ring (bicyclic) bond motifs is 1. The molecule has 0 spiro atoms. The van der Waals surface area contributed by atoms with Gasteiger partial charge < -0.3 is 20.0 Å². The van der Waals surface area contributed by atoms with E-state index < -0.39 is 0 Å². The minimum Gasteiger partial charge on any atom is -0.372 e. The molecular weight excluding hydrogens is 498 g/mol. The molecule has 2 aliphatic heterocycles. The van der Waals surface area contributed by atoms with Crippen LogP contribution in [0.1, 0.15) is 68.3 Å². The fraction of sp³-hybridized carbons (Fsp3) is 0.485. The highest BCUT2D eigenvalue weighted by atomic mass is 16.2. The Morgan fingerprint density at radius 1 is 0.925 bits per heavy atom. The number of amides is 2. The number of rotatable bonds is 11. The quantitative estimate of drug-likeness (QED) is 0.401. The molecule has 0 saturated carbocycles. The molecule has 2 aromatic carbocycles. The van der Waals surface area contributed by atoms with E-state index in [0.29, 0.717) is 6.42 Å². The molecule has 0 aromatic heterocycles. The molecule has 1 fully saturated rings. The number of nitrogens with one attached hydrogen (secondary N) is 1. The number of likely N-dealkylation sites (N-methyl/N-ethyl adjacent to an activating group) is 1. The predicted octanol–water partition coefficient (Wildman–Crippen LogP) is 5.60. The normalized spacial score (nSPS) is 14.9. The highest BCUT2D eigenvalue weighted by Gasteiger charge is 2.23. The molecule has 40 heavy (non-hydrogen) atoms. The van der Waals surface area contributed by atoms with Crippen molar-refractivity contribution in [1.82, 2.24) is 20.0 Å². The van der Waals surface area contributed by atoms with E-state index >= 15 is 0 Å². The van der Waals surface area contributed by atoms with Crippen molar-refractivity contribution in [2.75, 3.05) is 53.4 Å². The molecule has 7 heteroatoms. The summed E-state index contributed by atoms with van der Waals surface area (Å²) in [6, 6.07) is 14.1. The summed E-state index contributed by atoms with van der Waals surface area (Å²) >= 11 is 0. The van der Waals surface area contributed by atoms with Gasteiger partial charge in [-0.2, -0.15) is 0 Å². The highest BCUT2D eigenvalue weighted by Crippen LogP contribution is 2.32. The lowest BCUT2D eigenvalue weighted by Crippen LogP contribution is -2.36. The Hall–Kier alpha value is -3.45. The van der Waals surface area contributed by atoms with Crippen LogP contribution in [0, 0.1) is 0 Å². The number of hydrogen-bond donors (Lipinski definition) is 1. The number of unbranched alkanes of at least 4 members (excludes halogenated alkanes) is 1. The summed E-state index contributed by atoms with van der Waals surface area (Å²) < 4.78 is 0. The average Bonchev–Trinajstić information content (AvgIpc) is 3.43. The second-order valence-electron chi connectivity index (χ2n) is 11.1. The SMILES string of the molecule is CCCCN(CCC)C(=O)C1=Cc2ccc(-c3ccc(C(=O)N4CCCC4)cc3)cc2N=C(NCCN(C)C)C1. The molecule has 7 nitrogen and oxygen atoms in total. The highest BCUT2D eigenvalue weighted by molar-refractivity contribution is 6.06.